The molecule has 0 aliphatic heterocycles. The van der Waals surface area contributed by atoms with Gasteiger partial charge in [-0.3, -0.25) is 4.79 Å². The van der Waals surface area contributed by atoms with E-state index in [1.54, 1.807) is 12.1 Å². The summed E-state index contributed by atoms with van der Waals surface area (Å²) in [6.07, 6.45) is 0.159. The van der Waals surface area contributed by atoms with Gasteiger partial charge in [-0.05, 0) is 6.92 Å². The van der Waals surface area contributed by atoms with Crippen LogP contribution in [0.15, 0.2) is 22.8 Å². The quantitative estimate of drug-likeness (QED) is 0.524. The second-order valence-electron chi connectivity index (χ2n) is 3.50. The lowest BCUT2D eigenvalue weighted by molar-refractivity contribution is -0.170. The zero-order valence-electron chi connectivity index (χ0n) is 8.64. The Kier molecular flexibility index (Phi) is 2.67. The zero-order chi connectivity index (χ0) is 11.7. The number of esters is 1. The molecule has 0 aliphatic rings. The largest absolute Gasteiger partial charge is 0.463 e. The Morgan fingerprint density at radius 1 is 1.69 bits per heavy atom. The Labute approximate surface area is 91.0 Å². The standard InChI is InChI=1S/C10H12N2O4/c1-5(11)9(13)16-10(14)7-4-8-6(12-7)2-3-15-8/h2-5,10,12,14H,11H2,1H3. The smallest absolute Gasteiger partial charge is 0.325 e. The number of furan rings is 1. The molecule has 0 amide bonds. The van der Waals surface area contributed by atoms with Crippen molar-refractivity contribution >= 4 is 17.1 Å². The maximum atomic E-state index is 11.1. The average molecular weight is 224 g/mol. The van der Waals surface area contributed by atoms with Crippen LogP contribution >= 0.6 is 0 Å². The number of aliphatic hydroxyl groups is 1. The number of aromatic amines is 1. The summed E-state index contributed by atoms with van der Waals surface area (Å²) in [6, 6.07) is 2.50. The van der Waals surface area contributed by atoms with E-state index in [0.29, 0.717) is 11.3 Å². The number of ether oxygens (including phenoxy) is 1. The first-order valence-corrected chi connectivity index (χ1v) is 4.78. The molecule has 4 N–H and O–H groups in total. The SMILES string of the molecule is CC(N)C(=O)OC(O)c1cc2occc2[nH]1. The second-order valence-corrected chi connectivity index (χ2v) is 3.50. The summed E-state index contributed by atoms with van der Waals surface area (Å²) in [5, 5.41) is 9.59. The number of H-pyrrole nitrogens is 1. The number of rotatable bonds is 3. The van der Waals surface area contributed by atoms with Gasteiger partial charge < -0.3 is 25.0 Å². The molecule has 2 rings (SSSR count). The van der Waals surface area contributed by atoms with E-state index >= 15 is 0 Å². The number of nitrogens with one attached hydrogen (secondary N) is 1. The minimum atomic E-state index is -1.36. The van der Waals surface area contributed by atoms with Gasteiger partial charge in [-0.1, -0.05) is 0 Å². The van der Waals surface area contributed by atoms with Gasteiger partial charge in [0.1, 0.15) is 6.04 Å². The fourth-order valence-corrected chi connectivity index (χ4v) is 1.28. The van der Waals surface area contributed by atoms with Crippen LogP contribution in [-0.2, 0) is 9.53 Å². The topological polar surface area (TPSA) is 101 Å². The highest BCUT2D eigenvalue weighted by Gasteiger charge is 2.18. The van der Waals surface area contributed by atoms with E-state index < -0.39 is 18.3 Å². The lowest BCUT2D eigenvalue weighted by atomic mass is 10.3. The van der Waals surface area contributed by atoms with Crippen molar-refractivity contribution in [1.29, 1.82) is 0 Å². The van der Waals surface area contributed by atoms with Crippen LogP contribution in [0, 0.1) is 0 Å². The lowest BCUT2D eigenvalue weighted by Crippen LogP contribution is -2.30. The zero-order valence-corrected chi connectivity index (χ0v) is 8.64. The van der Waals surface area contributed by atoms with E-state index in [-0.39, 0.29) is 0 Å². The molecule has 0 saturated heterocycles. The summed E-state index contributed by atoms with van der Waals surface area (Å²) in [5.41, 5.74) is 6.97. The number of aliphatic hydroxyl groups excluding tert-OH is 1. The van der Waals surface area contributed by atoms with Gasteiger partial charge >= 0.3 is 5.97 Å². The first-order chi connectivity index (χ1) is 7.58. The molecule has 0 aliphatic carbocycles. The molecular weight excluding hydrogens is 212 g/mol. The predicted octanol–water partition coefficient (Wildman–Crippen LogP) is 0.642. The highest BCUT2D eigenvalue weighted by atomic mass is 16.6. The van der Waals surface area contributed by atoms with Gasteiger partial charge in [0.25, 0.3) is 0 Å². The highest BCUT2D eigenvalue weighted by molar-refractivity contribution is 5.76. The van der Waals surface area contributed by atoms with Crippen molar-refractivity contribution in [3.8, 4) is 0 Å². The summed E-state index contributed by atoms with van der Waals surface area (Å²) in [6.45, 7) is 1.48. The molecule has 0 saturated carbocycles. The van der Waals surface area contributed by atoms with Crippen LogP contribution in [0.2, 0.25) is 0 Å². The van der Waals surface area contributed by atoms with Gasteiger partial charge in [0, 0.05) is 12.1 Å². The van der Waals surface area contributed by atoms with Crippen molar-refractivity contribution in [1.82, 2.24) is 4.98 Å². The molecule has 0 aromatic carbocycles. The fraction of sp³-hybridized carbons (Fsp3) is 0.300. The van der Waals surface area contributed by atoms with Crippen LogP contribution < -0.4 is 5.73 Å². The van der Waals surface area contributed by atoms with E-state index in [2.05, 4.69) is 4.98 Å². The molecule has 0 bridgehead atoms. The number of hydrogen-bond donors (Lipinski definition) is 3. The molecule has 6 heteroatoms. The lowest BCUT2D eigenvalue weighted by Gasteiger charge is -2.11. The third kappa shape index (κ3) is 1.93. The Bertz CT molecular complexity index is 471. The van der Waals surface area contributed by atoms with E-state index in [1.165, 1.54) is 13.2 Å². The van der Waals surface area contributed by atoms with Crippen LogP contribution in [0.1, 0.15) is 18.9 Å². The first-order valence-electron chi connectivity index (χ1n) is 4.78. The van der Waals surface area contributed by atoms with Crippen molar-refractivity contribution in [2.75, 3.05) is 0 Å². The molecule has 86 valence electrons. The van der Waals surface area contributed by atoms with Gasteiger partial charge in [0.05, 0.1) is 17.5 Å². The van der Waals surface area contributed by atoms with Gasteiger partial charge in [0.15, 0.2) is 5.58 Å². The predicted molar refractivity (Wildman–Crippen MR) is 55.3 cm³/mol. The number of fused-ring (bicyclic) bond motifs is 1. The number of hydrogen-bond acceptors (Lipinski definition) is 5. The summed E-state index contributed by atoms with van der Waals surface area (Å²) >= 11 is 0. The number of carbonyl (C=O) groups is 1. The van der Waals surface area contributed by atoms with Crippen molar-refractivity contribution in [3.63, 3.8) is 0 Å². The number of carbonyl (C=O) groups excluding carboxylic acids is 1. The van der Waals surface area contributed by atoms with E-state index in [0.717, 1.165) is 5.52 Å². The molecule has 6 nitrogen and oxygen atoms in total. The molecule has 2 heterocycles. The molecule has 16 heavy (non-hydrogen) atoms. The molecule has 2 aromatic rings. The molecule has 2 atom stereocenters. The summed E-state index contributed by atoms with van der Waals surface area (Å²) in [7, 11) is 0. The molecule has 0 radical (unpaired) electrons. The Morgan fingerprint density at radius 2 is 2.44 bits per heavy atom. The van der Waals surface area contributed by atoms with Crippen molar-refractivity contribution < 1.29 is 19.1 Å². The van der Waals surface area contributed by atoms with E-state index in [1.807, 2.05) is 0 Å². The minimum absolute atomic E-state index is 0.350. The van der Waals surface area contributed by atoms with Crippen molar-refractivity contribution in [3.05, 3.63) is 24.1 Å². The molecule has 2 aromatic heterocycles. The van der Waals surface area contributed by atoms with Crippen molar-refractivity contribution in [2.24, 2.45) is 5.73 Å². The molecule has 0 spiro atoms. The Hall–Kier alpha value is -1.79. The van der Waals surface area contributed by atoms with Crippen LogP contribution in [0.25, 0.3) is 11.1 Å². The van der Waals surface area contributed by atoms with Gasteiger partial charge in [0.2, 0.25) is 6.29 Å². The number of nitrogens with two attached hydrogens (primary N) is 1. The van der Waals surface area contributed by atoms with Gasteiger partial charge in [-0.25, -0.2) is 0 Å². The van der Waals surface area contributed by atoms with E-state index in [9.17, 15) is 9.90 Å². The van der Waals surface area contributed by atoms with Crippen LogP contribution in [0.3, 0.4) is 0 Å². The first kappa shape index (κ1) is 10.7. The third-order valence-electron chi connectivity index (χ3n) is 2.13. The Balaban J connectivity index is 2.13. The van der Waals surface area contributed by atoms with Crippen molar-refractivity contribution in [2.45, 2.75) is 19.3 Å². The fourth-order valence-electron chi connectivity index (χ4n) is 1.28. The molecular formula is C10H12N2O4. The molecule has 2 unspecified atom stereocenters. The highest BCUT2D eigenvalue weighted by Crippen LogP contribution is 2.21. The Morgan fingerprint density at radius 3 is 3.06 bits per heavy atom. The maximum absolute atomic E-state index is 11.1. The van der Waals surface area contributed by atoms with Crippen LogP contribution in [0.4, 0.5) is 0 Å². The second kappa shape index (κ2) is 3.99. The number of aromatic nitrogens is 1. The van der Waals surface area contributed by atoms with E-state index in [4.69, 9.17) is 14.9 Å². The van der Waals surface area contributed by atoms with Crippen LogP contribution in [-0.4, -0.2) is 22.1 Å². The minimum Gasteiger partial charge on any atom is -0.463 e. The third-order valence-corrected chi connectivity index (χ3v) is 2.13. The average Bonchev–Trinajstić information content (AvgIpc) is 2.75. The van der Waals surface area contributed by atoms with Gasteiger partial charge in [-0.15, -0.1) is 0 Å². The van der Waals surface area contributed by atoms with Crippen LogP contribution in [0.5, 0.6) is 0 Å². The molecule has 0 fully saturated rings. The summed E-state index contributed by atoms with van der Waals surface area (Å²) in [4.78, 5) is 14.0. The summed E-state index contributed by atoms with van der Waals surface area (Å²) < 4.78 is 9.81. The monoisotopic (exact) mass is 224 g/mol. The van der Waals surface area contributed by atoms with Gasteiger partial charge in [-0.2, -0.15) is 0 Å². The maximum Gasteiger partial charge on any atom is 0.325 e. The summed E-state index contributed by atoms with van der Waals surface area (Å²) in [5.74, 6) is -0.668. The normalized spacial score (nSPS) is 14.9.